The first-order valence-electron chi connectivity index (χ1n) is 14.2. The van der Waals surface area contributed by atoms with Crippen molar-refractivity contribution in [2.75, 3.05) is 31.1 Å². The number of fused-ring (bicyclic) bond motifs is 1. The molecule has 3 heterocycles. The van der Waals surface area contributed by atoms with E-state index in [4.69, 9.17) is 9.41 Å². The van der Waals surface area contributed by atoms with Crippen LogP contribution in [0.3, 0.4) is 0 Å². The second kappa shape index (κ2) is 12.6. The molecule has 2 aromatic carbocycles. The molecule has 5 rings (SSSR count). The van der Waals surface area contributed by atoms with Gasteiger partial charge in [0.15, 0.2) is 0 Å². The Hall–Kier alpha value is -4.18. The van der Waals surface area contributed by atoms with Crippen molar-refractivity contribution in [2.24, 2.45) is 16.8 Å². The molecule has 0 spiro atoms. The summed E-state index contributed by atoms with van der Waals surface area (Å²) in [5.41, 5.74) is 4.57. The normalized spacial score (nSPS) is 16.6. The Kier molecular flexibility index (Phi) is 8.68. The van der Waals surface area contributed by atoms with Crippen LogP contribution >= 0.6 is 0 Å². The van der Waals surface area contributed by atoms with Gasteiger partial charge in [0, 0.05) is 17.2 Å². The average molecular weight is 557 g/mol. The van der Waals surface area contributed by atoms with E-state index in [1.807, 2.05) is 69.3 Å². The fraction of sp³-hybridized carbons (Fsp3) is 0.419. The molecule has 2 aliphatic rings. The molecule has 0 saturated carbocycles. The molecule has 1 saturated heterocycles. The Morgan fingerprint density at radius 1 is 1.10 bits per heavy atom. The number of aliphatic imine (C=N–C) groups is 1. The maximum atomic E-state index is 13.4. The largest absolute Gasteiger partial charge is 0.418 e. The minimum absolute atomic E-state index is 0.0283. The molecule has 3 aromatic rings. The van der Waals surface area contributed by atoms with E-state index >= 15 is 0 Å². The minimum Gasteiger partial charge on any atom is -0.418 e. The number of aromatic nitrogens is 2. The highest BCUT2D eigenvalue weighted by atomic mass is 16.4. The number of aryl methyl sites for hydroxylation is 1. The SMILES string of the molecule is Cc1cccc(Cc2nnc(C(=O)[C@@H](NC(=O)CN3C(=O)CN=C(C4CCNCC4)c4ccccc43)C(C)C)o2)c1. The van der Waals surface area contributed by atoms with Crippen molar-refractivity contribution in [3.05, 3.63) is 77.0 Å². The number of hydrogen-bond donors (Lipinski definition) is 2. The number of nitrogens with one attached hydrogen (secondary N) is 2. The third-order valence-corrected chi connectivity index (χ3v) is 7.57. The molecule has 1 fully saturated rings. The van der Waals surface area contributed by atoms with Gasteiger partial charge < -0.3 is 20.0 Å². The summed E-state index contributed by atoms with van der Waals surface area (Å²) < 4.78 is 5.69. The van der Waals surface area contributed by atoms with Gasteiger partial charge in [0.1, 0.15) is 13.1 Å². The van der Waals surface area contributed by atoms with Crippen LogP contribution in [0.5, 0.6) is 0 Å². The first-order valence-corrected chi connectivity index (χ1v) is 14.2. The van der Waals surface area contributed by atoms with Gasteiger partial charge in [-0.05, 0) is 50.4 Å². The number of carbonyl (C=O) groups is 3. The van der Waals surface area contributed by atoms with E-state index in [9.17, 15) is 14.4 Å². The predicted molar refractivity (Wildman–Crippen MR) is 155 cm³/mol. The van der Waals surface area contributed by atoms with Gasteiger partial charge in [-0.15, -0.1) is 10.2 Å². The molecule has 10 heteroatoms. The smallest absolute Gasteiger partial charge is 0.286 e. The summed E-state index contributed by atoms with van der Waals surface area (Å²) in [4.78, 5) is 46.1. The van der Waals surface area contributed by atoms with Gasteiger partial charge in [-0.2, -0.15) is 0 Å². The van der Waals surface area contributed by atoms with Crippen molar-refractivity contribution in [1.82, 2.24) is 20.8 Å². The third kappa shape index (κ3) is 6.59. The maximum Gasteiger partial charge on any atom is 0.286 e. The van der Waals surface area contributed by atoms with E-state index in [2.05, 4.69) is 20.8 Å². The van der Waals surface area contributed by atoms with Gasteiger partial charge in [0.05, 0.1) is 18.2 Å². The van der Waals surface area contributed by atoms with Crippen LogP contribution in [0, 0.1) is 18.8 Å². The average Bonchev–Trinajstić information content (AvgIpc) is 3.38. The number of ketones is 1. The number of nitrogens with zero attached hydrogens (tertiary/aromatic N) is 4. The predicted octanol–water partition coefficient (Wildman–Crippen LogP) is 3.13. The Morgan fingerprint density at radius 2 is 1.88 bits per heavy atom. The van der Waals surface area contributed by atoms with Gasteiger partial charge in [-0.1, -0.05) is 61.9 Å². The Balaban J connectivity index is 1.29. The molecule has 10 nitrogen and oxygen atoms in total. The molecule has 41 heavy (non-hydrogen) atoms. The molecule has 2 amide bonds. The molecule has 2 aliphatic heterocycles. The van der Waals surface area contributed by atoms with Crippen molar-refractivity contribution < 1.29 is 18.8 Å². The van der Waals surface area contributed by atoms with Crippen molar-refractivity contribution in [3.8, 4) is 0 Å². The van der Waals surface area contributed by atoms with Crippen molar-refractivity contribution >= 4 is 29.0 Å². The highest BCUT2D eigenvalue weighted by Gasteiger charge is 2.33. The van der Waals surface area contributed by atoms with Crippen molar-refractivity contribution in [3.63, 3.8) is 0 Å². The van der Waals surface area contributed by atoms with Gasteiger partial charge >= 0.3 is 0 Å². The van der Waals surface area contributed by atoms with E-state index in [0.717, 1.165) is 48.3 Å². The number of benzodiazepines with no additional fused rings is 1. The van der Waals surface area contributed by atoms with Crippen LogP contribution in [0.15, 0.2) is 57.9 Å². The molecule has 214 valence electrons. The lowest BCUT2D eigenvalue weighted by Gasteiger charge is -2.27. The van der Waals surface area contributed by atoms with Crippen molar-refractivity contribution in [1.29, 1.82) is 0 Å². The van der Waals surface area contributed by atoms with E-state index in [1.54, 1.807) is 0 Å². The number of benzene rings is 2. The van der Waals surface area contributed by atoms with Crippen molar-refractivity contribution in [2.45, 2.75) is 46.1 Å². The van der Waals surface area contributed by atoms with E-state index in [0.29, 0.717) is 18.0 Å². The second-order valence-corrected chi connectivity index (χ2v) is 11.0. The van der Waals surface area contributed by atoms with E-state index in [1.165, 1.54) is 4.90 Å². The second-order valence-electron chi connectivity index (χ2n) is 11.0. The molecule has 2 N–H and O–H groups in total. The zero-order valence-electron chi connectivity index (χ0n) is 23.7. The summed E-state index contributed by atoms with van der Waals surface area (Å²) in [6.07, 6.45) is 2.30. The number of anilines is 1. The summed E-state index contributed by atoms with van der Waals surface area (Å²) in [5.74, 6) is -0.998. The topological polar surface area (TPSA) is 130 Å². The number of Topliss-reactive ketones (excluding diaryl/α,β-unsaturated/α-hetero) is 1. The van der Waals surface area contributed by atoms with Gasteiger partial charge in [-0.25, -0.2) is 0 Å². The number of piperidine rings is 1. The number of amides is 2. The molecular formula is C31H36N6O4. The number of hydrogen-bond acceptors (Lipinski definition) is 8. The number of carbonyl (C=O) groups excluding carboxylic acids is 3. The Morgan fingerprint density at radius 3 is 2.63 bits per heavy atom. The zero-order chi connectivity index (χ0) is 28.9. The van der Waals surface area contributed by atoms with Crippen LogP contribution in [-0.4, -0.2) is 65.7 Å². The monoisotopic (exact) mass is 556 g/mol. The molecule has 1 atom stereocenters. The molecule has 0 bridgehead atoms. The fourth-order valence-corrected chi connectivity index (χ4v) is 5.45. The molecular weight excluding hydrogens is 520 g/mol. The number of rotatable bonds is 9. The van der Waals surface area contributed by atoms with Crippen LogP contribution in [0.1, 0.15) is 60.0 Å². The maximum absolute atomic E-state index is 13.4. The lowest BCUT2D eigenvalue weighted by Crippen LogP contribution is -2.49. The summed E-state index contributed by atoms with van der Waals surface area (Å²) in [6, 6.07) is 14.6. The van der Waals surface area contributed by atoms with E-state index in [-0.39, 0.29) is 36.7 Å². The van der Waals surface area contributed by atoms with Crippen LogP contribution in [-0.2, 0) is 16.0 Å². The first kappa shape index (κ1) is 28.4. The highest BCUT2D eigenvalue weighted by Crippen LogP contribution is 2.29. The van der Waals surface area contributed by atoms with Gasteiger partial charge in [0.2, 0.25) is 23.5 Å². The Labute approximate surface area is 239 Å². The highest BCUT2D eigenvalue weighted by molar-refractivity contribution is 6.14. The summed E-state index contributed by atoms with van der Waals surface area (Å²) in [5, 5.41) is 14.2. The molecule has 0 aliphatic carbocycles. The van der Waals surface area contributed by atoms with Gasteiger partial charge in [-0.3, -0.25) is 19.4 Å². The van der Waals surface area contributed by atoms with Crippen LogP contribution < -0.4 is 15.5 Å². The molecule has 0 radical (unpaired) electrons. The fourth-order valence-electron chi connectivity index (χ4n) is 5.45. The zero-order valence-corrected chi connectivity index (χ0v) is 23.7. The lowest BCUT2D eigenvalue weighted by molar-refractivity contribution is -0.123. The minimum atomic E-state index is -0.895. The van der Waals surface area contributed by atoms with Crippen LogP contribution in [0.4, 0.5) is 5.69 Å². The van der Waals surface area contributed by atoms with Crippen LogP contribution in [0.25, 0.3) is 0 Å². The summed E-state index contributed by atoms with van der Waals surface area (Å²) >= 11 is 0. The van der Waals surface area contributed by atoms with Gasteiger partial charge in [0.25, 0.3) is 5.89 Å². The molecule has 0 unspecified atom stereocenters. The summed E-state index contributed by atoms with van der Waals surface area (Å²) in [6.45, 7) is 7.22. The van der Waals surface area contributed by atoms with Crippen LogP contribution in [0.2, 0.25) is 0 Å². The first-order chi connectivity index (χ1) is 19.8. The Bertz CT molecular complexity index is 1460. The molecule has 1 aromatic heterocycles. The summed E-state index contributed by atoms with van der Waals surface area (Å²) in [7, 11) is 0. The number of para-hydroxylation sites is 1. The quantitative estimate of drug-likeness (QED) is 0.387. The standard InChI is InChI=1S/C31H36N6O4/c1-19(2)28(30(40)31-36-35-26(41-31)16-21-8-6-7-20(3)15-21)34-25(38)18-37-24-10-5-4-9-23(24)29(33-17-27(37)39)22-11-13-32-14-12-22/h4-10,15,19,22,28,32H,11-14,16-18H2,1-3H3,(H,34,38)/t28-/m0/s1. The lowest BCUT2D eigenvalue weighted by atomic mass is 9.88. The third-order valence-electron chi connectivity index (χ3n) is 7.57. The van der Waals surface area contributed by atoms with E-state index < -0.39 is 17.7 Å².